The number of thiazole rings is 1. The molecule has 2 heterocycles. The van der Waals surface area contributed by atoms with Crippen molar-refractivity contribution in [1.29, 1.82) is 0 Å². The van der Waals surface area contributed by atoms with Gasteiger partial charge in [-0.25, -0.2) is 4.98 Å². The number of aromatic amines is 1. The number of nitrogens with one attached hydrogen (secondary N) is 2. The lowest BCUT2D eigenvalue weighted by Crippen LogP contribution is -2.18. The number of anilines is 1. The molecule has 2 aromatic heterocycles. The molecule has 21 heavy (non-hydrogen) atoms. The fourth-order valence-electron chi connectivity index (χ4n) is 2.94. The molecule has 0 aliphatic heterocycles. The van der Waals surface area contributed by atoms with E-state index < -0.39 is 0 Å². The van der Waals surface area contributed by atoms with Crippen molar-refractivity contribution in [2.45, 2.75) is 45.2 Å². The maximum Gasteiger partial charge on any atom is 0.182 e. The highest BCUT2D eigenvalue weighted by Crippen LogP contribution is 2.23. The van der Waals surface area contributed by atoms with Gasteiger partial charge in [-0.3, -0.25) is 10.00 Å². The maximum absolute atomic E-state index is 4.55. The van der Waals surface area contributed by atoms with E-state index in [1.54, 1.807) is 11.3 Å². The Morgan fingerprint density at radius 3 is 2.95 bits per heavy atom. The standard InChI is InChI=1S/C15H23N5S/c1-16-15-17-11(10-21-15)8-20(2)9-14-12-6-4-3-5-7-13(12)18-19-14/h10H,3-9H2,1-2H3,(H,16,17)(H,18,19). The molecule has 0 amide bonds. The monoisotopic (exact) mass is 305 g/mol. The number of rotatable bonds is 5. The molecule has 0 fully saturated rings. The predicted octanol–water partition coefficient (Wildman–Crippen LogP) is 2.81. The van der Waals surface area contributed by atoms with Crippen LogP contribution in [0.15, 0.2) is 5.38 Å². The molecule has 0 aromatic carbocycles. The third-order valence-corrected chi connectivity index (χ3v) is 4.92. The summed E-state index contributed by atoms with van der Waals surface area (Å²) in [6.45, 7) is 1.75. The minimum absolute atomic E-state index is 0.861. The second-order valence-electron chi connectivity index (χ2n) is 5.75. The second kappa shape index (κ2) is 6.58. The van der Waals surface area contributed by atoms with Gasteiger partial charge in [0, 0.05) is 31.2 Å². The van der Waals surface area contributed by atoms with E-state index >= 15 is 0 Å². The van der Waals surface area contributed by atoms with Crippen LogP contribution in [-0.4, -0.2) is 34.2 Å². The molecule has 0 saturated heterocycles. The third kappa shape index (κ3) is 3.44. The number of aromatic nitrogens is 3. The van der Waals surface area contributed by atoms with E-state index in [0.717, 1.165) is 30.3 Å². The van der Waals surface area contributed by atoms with Crippen LogP contribution in [0.25, 0.3) is 0 Å². The van der Waals surface area contributed by atoms with Crippen molar-refractivity contribution in [3.05, 3.63) is 28.0 Å². The Bertz CT molecular complexity index is 589. The van der Waals surface area contributed by atoms with Crippen molar-refractivity contribution in [2.75, 3.05) is 19.4 Å². The van der Waals surface area contributed by atoms with Gasteiger partial charge in [0.2, 0.25) is 0 Å². The van der Waals surface area contributed by atoms with Crippen LogP contribution in [0.3, 0.4) is 0 Å². The maximum atomic E-state index is 4.55. The minimum atomic E-state index is 0.861. The number of nitrogens with zero attached hydrogens (tertiary/aromatic N) is 3. The average molecular weight is 305 g/mol. The van der Waals surface area contributed by atoms with E-state index in [1.807, 2.05) is 7.05 Å². The van der Waals surface area contributed by atoms with E-state index in [4.69, 9.17) is 0 Å². The summed E-state index contributed by atoms with van der Waals surface area (Å²) < 4.78 is 0. The number of aryl methyl sites for hydroxylation is 1. The molecule has 0 atom stereocenters. The van der Waals surface area contributed by atoms with E-state index in [1.165, 1.54) is 42.6 Å². The fourth-order valence-corrected chi connectivity index (χ4v) is 3.60. The van der Waals surface area contributed by atoms with Crippen LogP contribution >= 0.6 is 11.3 Å². The van der Waals surface area contributed by atoms with Gasteiger partial charge in [-0.15, -0.1) is 11.3 Å². The average Bonchev–Trinajstić information content (AvgIpc) is 2.99. The molecule has 0 spiro atoms. The Morgan fingerprint density at radius 2 is 2.14 bits per heavy atom. The first-order chi connectivity index (χ1) is 10.3. The first-order valence-corrected chi connectivity index (χ1v) is 8.50. The molecule has 3 rings (SSSR count). The summed E-state index contributed by atoms with van der Waals surface area (Å²) in [5.41, 5.74) is 5.17. The van der Waals surface area contributed by atoms with Crippen molar-refractivity contribution < 1.29 is 0 Å². The Labute approximate surface area is 129 Å². The van der Waals surface area contributed by atoms with Crippen molar-refractivity contribution in [1.82, 2.24) is 20.1 Å². The highest BCUT2D eigenvalue weighted by molar-refractivity contribution is 7.13. The summed E-state index contributed by atoms with van der Waals surface area (Å²) in [4.78, 5) is 6.83. The molecule has 2 N–H and O–H groups in total. The first-order valence-electron chi connectivity index (χ1n) is 7.62. The third-order valence-electron chi connectivity index (χ3n) is 4.01. The summed E-state index contributed by atoms with van der Waals surface area (Å²) in [6, 6.07) is 0. The predicted molar refractivity (Wildman–Crippen MR) is 86.7 cm³/mol. The number of hydrogen-bond donors (Lipinski definition) is 2. The summed E-state index contributed by atoms with van der Waals surface area (Å²) >= 11 is 1.65. The highest BCUT2D eigenvalue weighted by atomic mass is 32.1. The van der Waals surface area contributed by atoms with Crippen molar-refractivity contribution in [3.63, 3.8) is 0 Å². The molecule has 0 unspecified atom stereocenters. The number of fused-ring (bicyclic) bond motifs is 1. The van der Waals surface area contributed by atoms with Gasteiger partial charge in [0.05, 0.1) is 11.4 Å². The van der Waals surface area contributed by atoms with Gasteiger partial charge in [-0.1, -0.05) is 6.42 Å². The smallest absolute Gasteiger partial charge is 0.182 e. The molecule has 0 bridgehead atoms. The van der Waals surface area contributed by atoms with Crippen LogP contribution < -0.4 is 5.32 Å². The second-order valence-corrected chi connectivity index (χ2v) is 6.61. The lowest BCUT2D eigenvalue weighted by molar-refractivity contribution is 0.310. The van der Waals surface area contributed by atoms with E-state index in [0.29, 0.717) is 0 Å². The summed E-state index contributed by atoms with van der Waals surface area (Å²) in [7, 11) is 4.04. The molecule has 5 nitrogen and oxygen atoms in total. The van der Waals surface area contributed by atoms with Crippen LogP contribution in [0.2, 0.25) is 0 Å². The van der Waals surface area contributed by atoms with Crippen molar-refractivity contribution in [3.8, 4) is 0 Å². The molecular weight excluding hydrogens is 282 g/mol. The van der Waals surface area contributed by atoms with Crippen molar-refractivity contribution in [2.24, 2.45) is 0 Å². The Morgan fingerprint density at radius 1 is 1.29 bits per heavy atom. The zero-order valence-electron chi connectivity index (χ0n) is 12.8. The van der Waals surface area contributed by atoms with Gasteiger partial charge in [-0.05, 0) is 38.3 Å². The Balaban J connectivity index is 1.64. The van der Waals surface area contributed by atoms with Gasteiger partial charge >= 0.3 is 0 Å². The van der Waals surface area contributed by atoms with Gasteiger partial charge in [-0.2, -0.15) is 5.10 Å². The van der Waals surface area contributed by atoms with Gasteiger partial charge < -0.3 is 5.32 Å². The zero-order valence-corrected chi connectivity index (χ0v) is 13.6. The first kappa shape index (κ1) is 14.5. The normalized spacial score (nSPS) is 15.0. The van der Waals surface area contributed by atoms with E-state index in [-0.39, 0.29) is 0 Å². The van der Waals surface area contributed by atoms with Gasteiger partial charge in [0.1, 0.15) is 0 Å². The fraction of sp³-hybridized carbons (Fsp3) is 0.600. The molecule has 6 heteroatoms. The van der Waals surface area contributed by atoms with Crippen LogP contribution in [0, 0.1) is 0 Å². The minimum Gasteiger partial charge on any atom is -0.365 e. The van der Waals surface area contributed by atoms with Gasteiger partial charge in [0.25, 0.3) is 0 Å². The van der Waals surface area contributed by atoms with Crippen LogP contribution in [-0.2, 0) is 25.9 Å². The quantitative estimate of drug-likeness (QED) is 0.834. The van der Waals surface area contributed by atoms with E-state index in [9.17, 15) is 0 Å². The molecule has 114 valence electrons. The molecule has 2 aromatic rings. The highest BCUT2D eigenvalue weighted by Gasteiger charge is 2.17. The molecule has 1 aliphatic rings. The lowest BCUT2D eigenvalue weighted by atomic mass is 10.1. The zero-order chi connectivity index (χ0) is 14.7. The molecular formula is C15H23N5S. The van der Waals surface area contributed by atoms with Crippen LogP contribution in [0.5, 0.6) is 0 Å². The lowest BCUT2D eigenvalue weighted by Gasteiger charge is -2.14. The molecule has 0 radical (unpaired) electrons. The van der Waals surface area contributed by atoms with Crippen molar-refractivity contribution >= 4 is 16.5 Å². The Kier molecular flexibility index (Phi) is 4.55. The summed E-state index contributed by atoms with van der Waals surface area (Å²) in [5, 5.41) is 14.0. The SMILES string of the molecule is CNc1nc(CN(C)Cc2n[nH]c3c2CCCCC3)cs1. The molecule has 1 aliphatic carbocycles. The van der Waals surface area contributed by atoms with Gasteiger partial charge in [0.15, 0.2) is 5.13 Å². The summed E-state index contributed by atoms with van der Waals surface area (Å²) in [5.74, 6) is 0. The summed E-state index contributed by atoms with van der Waals surface area (Å²) in [6.07, 6.45) is 6.25. The number of H-pyrrole nitrogens is 1. The van der Waals surface area contributed by atoms with E-state index in [2.05, 4.69) is 37.8 Å². The number of hydrogen-bond acceptors (Lipinski definition) is 5. The van der Waals surface area contributed by atoms with Crippen LogP contribution in [0.4, 0.5) is 5.13 Å². The topological polar surface area (TPSA) is 56.8 Å². The molecule has 0 saturated carbocycles. The largest absolute Gasteiger partial charge is 0.365 e. The Hall–Kier alpha value is -1.40. The van der Waals surface area contributed by atoms with Crippen LogP contribution in [0.1, 0.15) is 41.9 Å².